The maximum atomic E-state index is 5.31. The number of likely N-dealkylation sites (tertiary alicyclic amines) is 1. The first kappa shape index (κ1) is 15.4. The van der Waals surface area contributed by atoms with Crippen LogP contribution >= 0.6 is 12.4 Å². The van der Waals surface area contributed by atoms with E-state index in [1.807, 2.05) is 6.07 Å². The van der Waals surface area contributed by atoms with Crippen LogP contribution in [-0.2, 0) is 0 Å². The topological polar surface area (TPSA) is 12.5 Å². The van der Waals surface area contributed by atoms with Crippen LogP contribution in [0.2, 0.25) is 0 Å². The van der Waals surface area contributed by atoms with E-state index >= 15 is 0 Å². The fourth-order valence-electron chi connectivity index (χ4n) is 3.20. The van der Waals surface area contributed by atoms with Crippen molar-refractivity contribution in [1.29, 1.82) is 0 Å². The highest BCUT2D eigenvalue weighted by molar-refractivity contribution is 5.85. The predicted molar refractivity (Wildman–Crippen MR) is 86.7 cm³/mol. The zero-order chi connectivity index (χ0) is 13.1. The van der Waals surface area contributed by atoms with Crippen molar-refractivity contribution in [3.63, 3.8) is 0 Å². The maximum Gasteiger partial charge on any atom is 0.119 e. The Balaban J connectivity index is 0.00000147. The van der Waals surface area contributed by atoms with Gasteiger partial charge in [-0.25, -0.2) is 0 Å². The van der Waals surface area contributed by atoms with Gasteiger partial charge in [0.25, 0.3) is 0 Å². The molecule has 0 bridgehead atoms. The summed E-state index contributed by atoms with van der Waals surface area (Å²) in [5.41, 5.74) is 2.90. The van der Waals surface area contributed by atoms with Gasteiger partial charge in [-0.2, -0.15) is 0 Å². The molecule has 1 aliphatic carbocycles. The Kier molecular flexibility index (Phi) is 5.50. The molecule has 1 atom stereocenters. The SMILES string of the molecule is COc1cccc(C=C2CCCCC2N2CCC2)c1.Cl. The highest BCUT2D eigenvalue weighted by atomic mass is 35.5. The first-order chi connectivity index (χ1) is 9.36. The Labute approximate surface area is 128 Å². The van der Waals surface area contributed by atoms with E-state index < -0.39 is 0 Å². The molecule has 1 unspecified atom stereocenters. The van der Waals surface area contributed by atoms with E-state index in [1.54, 1.807) is 12.7 Å². The zero-order valence-corrected chi connectivity index (χ0v) is 13.0. The first-order valence-corrected chi connectivity index (χ1v) is 7.45. The quantitative estimate of drug-likeness (QED) is 0.830. The Bertz CT molecular complexity index is 468. The summed E-state index contributed by atoms with van der Waals surface area (Å²) in [6.45, 7) is 2.58. The Morgan fingerprint density at radius 1 is 1.20 bits per heavy atom. The van der Waals surface area contributed by atoms with Crippen LogP contribution in [0.4, 0.5) is 0 Å². The summed E-state index contributed by atoms with van der Waals surface area (Å²) < 4.78 is 5.31. The number of benzene rings is 1. The van der Waals surface area contributed by atoms with Crippen molar-refractivity contribution >= 4 is 18.5 Å². The Hall–Kier alpha value is -0.990. The van der Waals surface area contributed by atoms with E-state index in [-0.39, 0.29) is 12.4 Å². The molecule has 0 radical (unpaired) electrons. The van der Waals surface area contributed by atoms with Crippen LogP contribution < -0.4 is 4.74 Å². The monoisotopic (exact) mass is 293 g/mol. The highest BCUT2D eigenvalue weighted by Gasteiger charge is 2.28. The summed E-state index contributed by atoms with van der Waals surface area (Å²) in [6, 6.07) is 9.10. The summed E-state index contributed by atoms with van der Waals surface area (Å²) in [4.78, 5) is 2.64. The number of nitrogens with zero attached hydrogens (tertiary/aromatic N) is 1. The predicted octanol–water partition coefficient (Wildman–Crippen LogP) is 4.15. The van der Waals surface area contributed by atoms with Gasteiger partial charge in [-0.1, -0.05) is 30.2 Å². The molecule has 1 aliphatic heterocycles. The molecule has 20 heavy (non-hydrogen) atoms. The number of halogens is 1. The third-order valence-corrected chi connectivity index (χ3v) is 4.40. The summed E-state index contributed by atoms with van der Waals surface area (Å²) in [7, 11) is 1.73. The summed E-state index contributed by atoms with van der Waals surface area (Å²) in [5, 5.41) is 0. The van der Waals surface area contributed by atoms with Gasteiger partial charge in [0.2, 0.25) is 0 Å². The van der Waals surface area contributed by atoms with Crippen molar-refractivity contribution in [3.8, 4) is 5.75 Å². The smallest absolute Gasteiger partial charge is 0.119 e. The second-order valence-electron chi connectivity index (χ2n) is 5.65. The molecule has 2 nitrogen and oxygen atoms in total. The minimum atomic E-state index is 0. The largest absolute Gasteiger partial charge is 0.497 e. The summed E-state index contributed by atoms with van der Waals surface area (Å²) >= 11 is 0. The second-order valence-corrected chi connectivity index (χ2v) is 5.65. The molecular weight excluding hydrogens is 270 g/mol. The van der Waals surface area contributed by atoms with Crippen LogP contribution in [0.15, 0.2) is 29.8 Å². The zero-order valence-electron chi connectivity index (χ0n) is 12.2. The van der Waals surface area contributed by atoms with Crippen LogP contribution in [0.5, 0.6) is 5.75 Å². The minimum Gasteiger partial charge on any atom is -0.497 e. The number of hydrogen-bond donors (Lipinski definition) is 0. The van der Waals surface area contributed by atoms with Crippen LogP contribution in [-0.4, -0.2) is 31.1 Å². The molecule has 3 heteroatoms. The molecular formula is C17H24ClNO. The average Bonchev–Trinajstić information content (AvgIpc) is 2.39. The summed E-state index contributed by atoms with van der Waals surface area (Å²) in [6.07, 6.45) is 9.11. The number of methoxy groups -OCH3 is 1. The number of hydrogen-bond acceptors (Lipinski definition) is 2. The molecule has 3 rings (SSSR count). The van der Waals surface area contributed by atoms with E-state index in [0.29, 0.717) is 6.04 Å². The van der Waals surface area contributed by atoms with Gasteiger partial charge >= 0.3 is 0 Å². The molecule has 110 valence electrons. The van der Waals surface area contributed by atoms with Crippen molar-refractivity contribution in [3.05, 3.63) is 35.4 Å². The van der Waals surface area contributed by atoms with E-state index in [0.717, 1.165) is 5.75 Å². The van der Waals surface area contributed by atoms with Crippen molar-refractivity contribution in [1.82, 2.24) is 4.90 Å². The molecule has 0 N–H and O–H groups in total. The highest BCUT2D eigenvalue weighted by Crippen LogP contribution is 2.32. The van der Waals surface area contributed by atoms with Gasteiger partial charge in [-0.05, 0) is 56.5 Å². The van der Waals surface area contributed by atoms with Gasteiger partial charge in [0, 0.05) is 6.04 Å². The van der Waals surface area contributed by atoms with E-state index in [1.165, 1.54) is 50.8 Å². The lowest BCUT2D eigenvalue weighted by molar-refractivity contribution is 0.121. The van der Waals surface area contributed by atoms with Crippen molar-refractivity contribution in [2.75, 3.05) is 20.2 Å². The van der Waals surface area contributed by atoms with Gasteiger partial charge in [0.1, 0.15) is 5.75 Å². The average molecular weight is 294 g/mol. The maximum absolute atomic E-state index is 5.31. The molecule has 1 aromatic carbocycles. The van der Waals surface area contributed by atoms with Crippen LogP contribution in [0.25, 0.3) is 6.08 Å². The fourth-order valence-corrected chi connectivity index (χ4v) is 3.20. The van der Waals surface area contributed by atoms with Crippen LogP contribution in [0.1, 0.15) is 37.7 Å². The molecule has 1 heterocycles. The number of rotatable bonds is 3. The van der Waals surface area contributed by atoms with Crippen LogP contribution in [0.3, 0.4) is 0 Å². The fraction of sp³-hybridized carbons (Fsp3) is 0.529. The lowest BCUT2D eigenvalue weighted by atomic mass is 9.86. The Morgan fingerprint density at radius 2 is 2.05 bits per heavy atom. The molecule has 0 aromatic heterocycles. The van der Waals surface area contributed by atoms with Gasteiger partial charge in [0.15, 0.2) is 0 Å². The standard InChI is InChI=1S/C17H23NO.ClH/c1-19-16-8-4-6-14(13-16)12-15-7-2-3-9-17(15)18-10-5-11-18;/h4,6,8,12-13,17H,2-3,5,7,9-11H2,1H3;1H. The van der Waals surface area contributed by atoms with E-state index in [4.69, 9.17) is 4.74 Å². The third kappa shape index (κ3) is 3.36. The normalized spacial score (nSPS) is 24.9. The summed E-state index contributed by atoms with van der Waals surface area (Å²) in [5.74, 6) is 0.950. The lowest BCUT2D eigenvalue weighted by Crippen LogP contribution is -2.46. The van der Waals surface area contributed by atoms with Crippen molar-refractivity contribution in [2.45, 2.75) is 38.1 Å². The second kappa shape index (κ2) is 7.14. The van der Waals surface area contributed by atoms with Gasteiger partial charge < -0.3 is 4.74 Å². The molecule has 2 fully saturated rings. The molecule has 0 amide bonds. The van der Waals surface area contributed by atoms with Gasteiger partial charge in [0.05, 0.1) is 7.11 Å². The Morgan fingerprint density at radius 3 is 2.75 bits per heavy atom. The van der Waals surface area contributed by atoms with Crippen LogP contribution in [0, 0.1) is 0 Å². The van der Waals surface area contributed by atoms with E-state index in [9.17, 15) is 0 Å². The van der Waals surface area contributed by atoms with E-state index in [2.05, 4.69) is 29.2 Å². The molecule has 2 aliphatic rings. The van der Waals surface area contributed by atoms with Crippen molar-refractivity contribution in [2.24, 2.45) is 0 Å². The lowest BCUT2D eigenvalue weighted by Gasteiger charge is -2.42. The molecule has 1 saturated carbocycles. The first-order valence-electron chi connectivity index (χ1n) is 7.45. The van der Waals surface area contributed by atoms with Gasteiger partial charge in [-0.3, -0.25) is 4.90 Å². The third-order valence-electron chi connectivity index (χ3n) is 4.40. The molecule has 0 spiro atoms. The minimum absolute atomic E-state index is 0. The molecule has 1 saturated heterocycles. The van der Waals surface area contributed by atoms with Gasteiger partial charge in [-0.15, -0.1) is 12.4 Å². The van der Waals surface area contributed by atoms with Crippen molar-refractivity contribution < 1.29 is 4.74 Å². The molecule has 1 aromatic rings. The number of ether oxygens (including phenoxy) is 1.